The predicted octanol–water partition coefficient (Wildman–Crippen LogP) is 3.45. The van der Waals surface area contributed by atoms with Gasteiger partial charge >= 0.3 is 6.36 Å². The first kappa shape index (κ1) is 20.8. The molecule has 0 spiro atoms. The maximum absolute atomic E-state index is 12.5. The monoisotopic (exact) mass is 407 g/mol. The molecule has 9 heteroatoms. The molecule has 0 amide bonds. The van der Waals surface area contributed by atoms with E-state index in [0.717, 1.165) is 24.5 Å². The summed E-state index contributed by atoms with van der Waals surface area (Å²) in [6.07, 6.45) is -0.515. The third-order valence-electron chi connectivity index (χ3n) is 4.57. The molecule has 0 bridgehead atoms. The highest BCUT2D eigenvalue weighted by Crippen LogP contribution is 2.26. The SMILES string of the molecule is CN=C(NCc1ccc(N2CCCC2)nc1)NCc1ccccc1OC(F)(F)F. The zero-order chi connectivity index (χ0) is 20.7. The van der Waals surface area contributed by atoms with Crippen LogP contribution in [0, 0.1) is 0 Å². The number of nitrogens with one attached hydrogen (secondary N) is 2. The molecule has 29 heavy (non-hydrogen) atoms. The van der Waals surface area contributed by atoms with Crippen molar-refractivity contribution in [2.75, 3.05) is 25.0 Å². The molecule has 1 fully saturated rings. The predicted molar refractivity (Wildman–Crippen MR) is 106 cm³/mol. The number of hydrogen-bond acceptors (Lipinski definition) is 4. The summed E-state index contributed by atoms with van der Waals surface area (Å²) >= 11 is 0. The molecule has 0 saturated carbocycles. The van der Waals surface area contributed by atoms with Gasteiger partial charge in [-0.3, -0.25) is 4.99 Å². The van der Waals surface area contributed by atoms with Crippen LogP contribution in [0.4, 0.5) is 19.0 Å². The number of nitrogens with zero attached hydrogens (tertiary/aromatic N) is 3. The minimum absolute atomic E-state index is 0.137. The Hall–Kier alpha value is -2.97. The second-order valence-electron chi connectivity index (χ2n) is 6.65. The quantitative estimate of drug-likeness (QED) is 0.567. The first-order chi connectivity index (χ1) is 13.9. The van der Waals surface area contributed by atoms with Crippen LogP contribution in [-0.4, -0.2) is 37.4 Å². The Labute approximate surface area is 167 Å². The van der Waals surface area contributed by atoms with Gasteiger partial charge in [-0.1, -0.05) is 24.3 Å². The van der Waals surface area contributed by atoms with E-state index in [1.54, 1.807) is 19.2 Å². The summed E-state index contributed by atoms with van der Waals surface area (Å²) in [4.78, 5) is 10.9. The van der Waals surface area contributed by atoms with Crippen molar-refractivity contribution in [1.29, 1.82) is 0 Å². The molecule has 2 N–H and O–H groups in total. The van der Waals surface area contributed by atoms with Crippen molar-refractivity contribution in [3.8, 4) is 5.75 Å². The van der Waals surface area contributed by atoms with Gasteiger partial charge in [0.1, 0.15) is 11.6 Å². The number of aliphatic imine (C=N–C) groups is 1. The minimum atomic E-state index is -4.73. The summed E-state index contributed by atoms with van der Waals surface area (Å²) in [5.41, 5.74) is 1.36. The molecule has 2 aromatic rings. The topological polar surface area (TPSA) is 61.8 Å². The summed E-state index contributed by atoms with van der Waals surface area (Å²) in [6, 6.07) is 10.0. The van der Waals surface area contributed by atoms with Crippen molar-refractivity contribution in [1.82, 2.24) is 15.6 Å². The molecule has 0 atom stereocenters. The maximum atomic E-state index is 12.5. The van der Waals surface area contributed by atoms with E-state index in [0.29, 0.717) is 18.1 Å². The van der Waals surface area contributed by atoms with E-state index in [2.05, 4.69) is 30.2 Å². The Morgan fingerprint density at radius 1 is 1.10 bits per heavy atom. The largest absolute Gasteiger partial charge is 0.573 e. The van der Waals surface area contributed by atoms with Gasteiger partial charge in [0.2, 0.25) is 0 Å². The standard InChI is InChI=1S/C20H24F3N5O/c1-24-19(27-14-16-6-2-3-7-17(16)29-20(21,22)23)26-13-15-8-9-18(25-12-15)28-10-4-5-11-28/h2-3,6-9,12H,4-5,10-11,13-14H2,1H3,(H2,24,26,27). The second-order valence-corrected chi connectivity index (χ2v) is 6.65. The first-order valence-corrected chi connectivity index (χ1v) is 9.42. The summed E-state index contributed by atoms with van der Waals surface area (Å²) in [5, 5.41) is 6.14. The molecule has 156 valence electrons. The van der Waals surface area contributed by atoms with Crippen molar-refractivity contribution in [2.24, 2.45) is 4.99 Å². The van der Waals surface area contributed by atoms with E-state index in [-0.39, 0.29) is 12.3 Å². The van der Waals surface area contributed by atoms with Crippen LogP contribution >= 0.6 is 0 Å². The number of anilines is 1. The van der Waals surface area contributed by atoms with E-state index in [9.17, 15) is 13.2 Å². The van der Waals surface area contributed by atoms with Crippen molar-refractivity contribution < 1.29 is 17.9 Å². The van der Waals surface area contributed by atoms with Gasteiger partial charge in [-0.25, -0.2) is 4.98 Å². The van der Waals surface area contributed by atoms with Crippen LogP contribution in [0.1, 0.15) is 24.0 Å². The normalized spacial score (nSPS) is 14.8. The Bertz CT molecular complexity index is 818. The number of guanidine groups is 1. The maximum Gasteiger partial charge on any atom is 0.573 e. The van der Waals surface area contributed by atoms with Gasteiger partial charge in [0.15, 0.2) is 5.96 Å². The molecule has 6 nitrogen and oxygen atoms in total. The second kappa shape index (κ2) is 9.49. The molecular formula is C20H24F3N5O. The van der Waals surface area contributed by atoms with Crippen molar-refractivity contribution >= 4 is 11.8 Å². The Balaban J connectivity index is 1.52. The number of aromatic nitrogens is 1. The lowest BCUT2D eigenvalue weighted by Gasteiger charge is -2.17. The van der Waals surface area contributed by atoms with Crippen LogP contribution in [0.25, 0.3) is 0 Å². The smallest absolute Gasteiger partial charge is 0.405 e. The van der Waals surface area contributed by atoms with Gasteiger partial charge in [0.05, 0.1) is 0 Å². The lowest BCUT2D eigenvalue weighted by atomic mass is 10.2. The van der Waals surface area contributed by atoms with Crippen LogP contribution in [-0.2, 0) is 13.1 Å². The third-order valence-corrected chi connectivity index (χ3v) is 4.57. The van der Waals surface area contributed by atoms with Crippen molar-refractivity contribution in [3.05, 3.63) is 53.7 Å². The summed E-state index contributed by atoms with van der Waals surface area (Å²) in [6.45, 7) is 2.72. The number of benzene rings is 1. The Morgan fingerprint density at radius 3 is 2.48 bits per heavy atom. The first-order valence-electron chi connectivity index (χ1n) is 9.42. The zero-order valence-electron chi connectivity index (χ0n) is 16.2. The zero-order valence-corrected chi connectivity index (χ0v) is 16.2. The number of hydrogen-bond donors (Lipinski definition) is 2. The molecule has 0 radical (unpaired) electrons. The number of rotatable bonds is 6. The lowest BCUT2D eigenvalue weighted by molar-refractivity contribution is -0.274. The van der Waals surface area contributed by atoms with Gasteiger partial charge in [-0.2, -0.15) is 0 Å². The fraction of sp³-hybridized carbons (Fsp3) is 0.400. The highest BCUT2D eigenvalue weighted by molar-refractivity contribution is 5.79. The van der Waals surface area contributed by atoms with Gasteiger partial charge in [0, 0.05) is 45.0 Å². The van der Waals surface area contributed by atoms with E-state index >= 15 is 0 Å². The Morgan fingerprint density at radius 2 is 1.83 bits per heavy atom. The van der Waals surface area contributed by atoms with Gasteiger partial charge in [-0.15, -0.1) is 13.2 Å². The summed E-state index contributed by atoms with van der Waals surface area (Å²) in [5.74, 6) is 1.22. The molecule has 1 saturated heterocycles. The third kappa shape index (κ3) is 6.27. The van der Waals surface area contributed by atoms with E-state index in [1.807, 2.05) is 18.3 Å². The number of para-hydroxylation sites is 1. The van der Waals surface area contributed by atoms with Gasteiger partial charge in [0.25, 0.3) is 0 Å². The van der Waals surface area contributed by atoms with E-state index < -0.39 is 6.36 Å². The highest BCUT2D eigenvalue weighted by Gasteiger charge is 2.31. The fourth-order valence-corrected chi connectivity index (χ4v) is 3.11. The molecular weight excluding hydrogens is 383 g/mol. The fourth-order valence-electron chi connectivity index (χ4n) is 3.11. The van der Waals surface area contributed by atoms with Crippen molar-refractivity contribution in [2.45, 2.75) is 32.3 Å². The number of ether oxygens (including phenoxy) is 1. The number of alkyl halides is 3. The average Bonchev–Trinajstić information content (AvgIpc) is 3.23. The molecule has 1 aromatic carbocycles. The lowest BCUT2D eigenvalue weighted by Crippen LogP contribution is -2.36. The van der Waals surface area contributed by atoms with Crippen molar-refractivity contribution in [3.63, 3.8) is 0 Å². The number of pyridine rings is 1. The van der Waals surface area contributed by atoms with Crippen LogP contribution in [0.5, 0.6) is 5.75 Å². The molecule has 2 heterocycles. The Kier molecular flexibility index (Phi) is 6.79. The molecule has 1 aromatic heterocycles. The molecule has 0 unspecified atom stereocenters. The molecule has 1 aliphatic heterocycles. The van der Waals surface area contributed by atoms with Crippen LogP contribution in [0.3, 0.4) is 0 Å². The van der Waals surface area contributed by atoms with Crippen LogP contribution in [0.2, 0.25) is 0 Å². The van der Waals surface area contributed by atoms with E-state index in [1.165, 1.54) is 25.0 Å². The van der Waals surface area contributed by atoms with Crippen LogP contribution in [0.15, 0.2) is 47.6 Å². The molecule has 1 aliphatic rings. The number of halogens is 3. The molecule has 3 rings (SSSR count). The summed E-state index contributed by atoms with van der Waals surface area (Å²) in [7, 11) is 1.60. The summed E-state index contributed by atoms with van der Waals surface area (Å²) < 4.78 is 41.7. The van der Waals surface area contributed by atoms with Gasteiger partial charge in [-0.05, 0) is 30.5 Å². The minimum Gasteiger partial charge on any atom is -0.405 e. The average molecular weight is 407 g/mol. The molecule has 0 aliphatic carbocycles. The van der Waals surface area contributed by atoms with Crippen LogP contribution < -0.4 is 20.3 Å². The highest BCUT2D eigenvalue weighted by atomic mass is 19.4. The van der Waals surface area contributed by atoms with Gasteiger partial charge < -0.3 is 20.3 Å². The van der Waals surface area contributed by atoms with E-state index in [4.69, 9.17) is 0 Å².